The Labute approximate surface area is 150 Å². The molecule has 4 rings (SSSR count). The number of benzene rings is 3. The second kappa shape index (κ2) is 6.68. The molecule has 1 heterocycles. The highest BCUT2D eigenvalue weighted by molar-refractivity contribution is 6.05. The molecule has 6 nitrogen and oxygen atoms in total. The van der Waals surface area contributed by atoms with Crippen molar-refractivity contribution >= 4 is 28.3 Å². The first kappa shape index (κ1) is 15.8. The highest BCUT2D eigenvalue weighted by atomic mass is 16.1. The van der Waals surface area contributed by atoms with Gasteiger partial charge in [-0.3, -0.25) is 4.79 Å². The molecule has 0 radical (unpaired) electrons. The van der Waals surface area contributed by atoms with Gasteiger partial charge in [0.25, 0.3) is 5.91 Å². The van der Waals surface area contributed by atoms with Gasteiger partial charge in [0.2, 0.25) is 0 Å². The van der Waals surface area contributed by atoms with E-state index in [2.05, 4.69) is 15.6 Å². The Balaban J connectivity index is 1.50. The van der Waals surface area contributed by atoms with E-state index in [1.807, 2.05) is 53.2 Å². The van der Waals surface area contributed by atoms with Gasteiger partial charge in [-0.15, -0.1) is 5.10 Å². The summed E-state index contributed by atoms with van der Waals surface area (Å²) < 4.78 is 1.84. The fourth-order valence-electron chi connectivity index (χ4n) is 2.77. The predicted molar refractivity (Wildman–Crippen MR) is 102 cm³/mol. The minimum atomic E-state index is -0.194. The van der Waals surface area contributed by atoms with Crippen molar-refractivity contribution in [1.82, 2.24) is 15.0 Å². The molecule has 0 unspecified atom stereocenters. The summed E-state index contributed by atoms with van der Waals surface area (Å²) in [4.78, 5) is 12.4. The summed E-state index contributed by atoms with van der Waals surface area (Å²) in [6, 6.07) is 22.4. The van der Waals surface area contributed by atoms with Gasteiger partial charge in [0.1, 0.15) is 5.52 Å². The number of anilines is 2. The Morgan fingerprint density at radius 3 is 2.50 bits per heavy atom. The summed E-state index contributed by atoms with van der Waals surface area (Å²) >= 11 is 0. The van der Waals surface area contributed by atoms with Crippen molar-refractivity contribution in [3.63, 3.8) is 0 Å². The largest absolute Gasteiger partial charge is 0.397 e. The summed E-state index contributed by atoms with van der Waals surface area (Å²) in [5, 5.41) is 11.2. The standard InChI is InChI=1S/C20H17N5O/c21-16-5-1-2-6-17(16)22-20(26)15-11-9-14(10-12-15)13-25-19-8-4-3-7-18(19)23-24-25/h1-12H,13,21H2,(H,22,26). The van der Waals surface area contributed by atoms with Crippen molar-refractivity contribution in [2.75, 3.05) is 11.1 Å². The zero-order chi connectivity index (χ0) is 17.9. The van der Waals surface area contributed by atoms with Crippen LogP contribution in [0.2, 0.25) is 0 Å². The number of nitrogens with zero attached hydrogens (tertiary/aromatic N) is 3. The van der Waals surface area contributed by atoms with E-state index in [0.717, 1.165) is 16.6 Å². The van der Waals surface area contributed by atoms with E-state index >= 15 is 0 Å². The van der Waals surface area contributed by atoms with Gasteiger partial charge in [0.05, 0.1) is 23.4 Å². The number of amides is 1. The number of carbonyl (C=O) groups excluding carboxylic acids is 1. The van der Waals surface area contributed by atoms with Crippen LogP contribution >= 0.6 is 0 Å². The molecule has 3 N–H and O–H groups in total. The second-order valence-electron chi connectivity index (χ2n) is 5.97. The Morgan fingerprint density at radius 1 is 0.962 bits per heavy atom. The van der Waals surface area contributed by atoms with E-state index in [0.29, 0.717) is 23.5 Å². The number of rotatable bonds is 4. The summed E-state index contributed by atoms with van der Waals surface area (Å²) in [5.74, 6) is -0.194. The molecular weight excluding hydrogens is 326 g/mol. The highest BCUT2D eigenvalue weighted by Crippen LogP contribution is 2.18. The number of nitrogens with one attached hydrogen (secondary N) is 1. The first-order valence-electron chi connectivity index (χ1n) is 8.24. The molecule has 0 saturated carbocycles. The molecule has 1 amide bonds. The zero-order valence-electron chi connectivity index (χ0n) is 14.0. The summed E-state index contributed by atoms with van der Waals surface area (Å²) in [6.07, 6.45) is 0. The van der Waals surface area contributed by atoms with Crippen LogP contribution in [0.3, 0.4) is 0 Å². The van der Waals surface area contributed by atoms with E-state index in [4.69, 9.17) is 5.73 Å². The van der Waals surface area contributed by atoms with E-state index in [1.54, 1.807) is 24.3 Å². The van der Waals surface area contributed by atoms with Crippen LogP contribution in [0.5, 0.6) is 0 Å². The predicted octanol–water partition coefficient (Wildman–Crippen LogP) is 3.31. The average molecular weight is 343 g/mol. The maximum Gasteiger partial charge on any atom is 0.255 e. The van der Waals surface area contributed by atoms with Crippen LogP contribution in [-0.2, 0) is 6.54 Å². The Bertz CT molecular complexity index is 1070. The average Bonchev–Trinajstić information content (AvgIpc) is 3.07. The zero-order valence-corrected chi connectivity index (χ0v) is 14.0. The lowest BCUT2D eigenvalue weighted by molar-refractivity contribution is 0.102. The quantitative estimate of drug-likeness (QED) is 0.557. The smallest absolute Gasteiger partial charge is 0.255 e. The van der Waals surface area contributed by atoms with Crippen molar-refractivity contribution in [1.29, 1.82) is 0 Å². The van der Waals surface area contributed by atoms with Crippen molar-refractivity contribution in [2.45, 2.75) is 6.54 Å². The minimum Gasteiger partial charge on any atom is -0.397 e. The minimum absolute atomic E-state index is 0.194. The Hall–Kier alpha value is -3.67. The third-order valence-corrected chi connectivity index (χ3v) is 4.18. The first-order chi connectivity index (χ1) is 12.7. The third-order valence-electron chi connectivity index (χ3n) is 4.18. The summed E-state index contributed by atoms with van der Waals surface area (Å²) in [6.45, 7) is 0.591. The molecule has 3 aromatic carbocycles. The molecule has 0 aliphatic carbocycles. The van der Waals surface area contributed by atoms with Gasteiger partial charge >= 0.3 is 0 Å². The molecular formula is C20H17N5O. The lowest BCUT2D eigenvalue weighted by Crippen LogP contribution is -2.13. The summed E-state index contributed by atoms with van der Waals surface area (Å²) in [7, 11) is 0. The van der Waals surface area contributed by atoms with Gasteiger partial charge in [0, 0.05) is 5.56 Å². The van der Waals surface area contributed by atoms with Crippen molar-refractivity contribution in [3.8, 4) is 0 Å². The SMILES string of the molecule is Nc1ccccc1NC(=O)c1ccc(Cn2nnc3ccccc32)cc1. The van der Waals surface area contributed by atoms with Gasteiger partial charge < -0.3 is 11.1 Å². The fraction of sp³-hybridized carbons (Fsp3) is 0.0500. The van der Waals surface area contributed by atoms with Crippen LogP contribution in [0, 0.1) is 0 Å². The number of hydrogen-bond acceptors (Lipinski definition) is 4. The number of hydrogen-bond donors (Lipinski definition) is 2. The number of carbonyl (C=O) groups is 1. The molecule has 0 spiro atoms. The van der Waals surface area contributed by atoms with Crippen molar-refractivity contribution in [3.05, 3.63) is 83.9 Å². The van der Waals surface area contributed by atoms with Crippen LogP contribution in [0.15, 0.2) is 72.8 Å². The molecule has 6 heteroatoms. The number of aromatic nitrogens is 3. The molecule has 128 valence electrons. The van der Waals surface area contributed by atoms with Gasteiger partial charge in [-0.05, 0) is 42.0 Å². The van der Waals surface area contributed by atoms with E-state index in [9.17, 15) is 4.79 Å². The Morgan fingerprint density at radius 2 is 1.69 bits per heavy atom. The number of nitrogens with two attached hydrogens (primary N) is 1. The molecule has 0 saturated heterocycles. The van der Waals surface area contributed by atoms with E-state index < -0.39 is 0 Å². The van der Waals surface area contributed by atoms with Gasteiger partial charge in [0.15, 0.2) is 0 Å². The van der Waals surface area contributed by atoms with E-state index in [-0.39, 0.29) is 5.91 Å². The van der Waals surface area contributed by atoms with Crippen molar-refractivity contribution in [2.24, 2.45) is 0 Å². The molecule has 0 bridgehead atoms. The molecule has 0 aliphatic heterocycles. The molecule has 0 atom stereocenters. The Kier molecular flexibility index (Phi) is 4.07. The lowest BCUT2D eigenvalue weighted by atomic mass is 10.1. The topological polar surface area (TPSA) is 85.8 Å². The van der Waals surface area contributed by atoms with Gasteiger partial charge in [-0.1, -0.05) is 41.6 Å². The monoisotopic (exact) mass is 343 g/mol. The van der Waals surface area contributed by atoms with Crippen LogP contribution in [0.4, 0.5) is 11.4 Å². The van der Waals surface area contributed by atoms with Crippen LogP contribution < -0.4 is 11.1 Å². The molecule has 26 heavy (non-hydrogen) atoms. The maximum atomic E-state index is 12.4. The summed E-state index contributed by atoms with van der Waals surface area (Å²) in [5.41, 5.74) is 10.5. The first-order valence-corrected chi connectivity index (χ1v) is 8.24. The fourth-order valence-corrected chi connectivity index (χ4v) is 2.77. The highest BCUT2D eigenvalue weighted by Gasteiger charge is 2.09. The molecule has 4 aromatic rings. The molecule has 0 aliphatic rings. The van der Waals surface area contributed by atoms with Crippen LogP contribution in [0.25, 0.3) is 11.0 Å². The van der Waals surface area contributed by atoms with Crippen LogP contribution in [0.1, 0.15) is 15.9 Å². The maximum absolute atomic E-state index is 12.4. The second-order valence-corrected chi connectivity index (χ2v) is 5.97. The van der Waals surface area contributed by atoms with Gasteiger partial charge in [-0.25, -0.2) is 4.68 Å². The third kappa shape index (κ3) is 3.12. The number of fused-ring (bicyclic) bond motifs is 1. The van der Waals surface area contributed by atoms with Crippen LogP contribution in [-0.4, -0.2) is 20.9 Å². The van der Waals surface area contributed by atoms with Gasteiger partial charge in [-0.2, -0.15) is 0 Å². The van der Waals surface area contributed by atoms with E-state index in [1.165, 1.54) is 0 Å². The number of nitrogen functional groups attached to an aromatic ring is 1. The molecule has 1 aromatic heterocycles. The molecule has 0 fully saturated rings. The van der Waals surface area contributed by atoms with Crippen molar-refractivity contribution < 1.29 is 4.79 Å². The lowest BCUT2D eigenvalue weighted by Gasteiger charge is -2.08. The number of para-hydroxylation sites is 3. The normalized spacial score (nSPS) is 10.8.